The summed E-state index contributed by atoms with van der Waals surface area (Å²) in [5.41, 5.74) is 5.15. The molecular weight excluding hydrogens is 268 g/mol. The Morgan fingerprint density at radius 1 is 1.14 bits per heavy atom. The number of carbonyl (C=O) groups excluding carboxylic acids is 1. The number of carboxylic acids is 1. The summed E-state index contributed by atoms with van der Waals surface area (Å²) in [6, 6.07) is 0. The fourth-order valence-electron chi connectivity index (χ4n) is 2.67. The van der Waals surface area contributed by atoms with E-state index in [4.69, 9.17) is 0 Å². The van der Waals surface area contributed by atoms with Crippen LogP contribution >= 0.6 is 0 Å². The molecule has 0 radical (unpaired) electrons. The molecule has 0 atom stereocenters. The average Bonchev–Trinajstić information content (AvgIpc) is 2.92. The molecular formula is C16H20N2O3. The molecule has 0 fully saturated rings. The maximum atomic E-state index is 11.7. The van der Waals surface area contributed by atoms with E-state index in [1.165, 1.54) is 0 Å². The van der Waals surface area contributed by atoms with Gasteiger partial charge in [-0.05, 0) is 49.5 Å². The third-order valence-electron chi connectivity index (χ3n) is 4.02. The van der Waals surface area contributed by atoms with Crippen molar-refractivity contribution in [3.8, 4) is 0 Å². The number of hydrogen-bond donors (Lipinski definition) is 3. The number of aromatic carboxylic acids is 1. The van der Waals surface area contributed by atoms with Gasteiger partial charge in [0, 0.05) is 17.0 Å². The summed E-state index contributed by atoms with van der Waals surface area (Å²) in [5, 5.41) is 12.1. The van der Waals surface area contributed by atoms with Crippen molar-refractivity contribution in [2.45, 2.75) is 40.5 Å². The molecule has 1 aliphatic heterocycles. The smallest absolute Gasteiger partial charge is 0.352 e. The van der Waals surface area contributed by atoms with Crippen molar-refractivity contribution in [2.75, 3.05) is 0 Å². The fraction of sp³-hybridized carbons (Fsp3) is 0.375. The number of rotatable bonds is 4. The minimum atomic E-state index is -0.954. The lowest BCUT2D eigenvalue weighted by Crippen LogP contribution is -2.15. The van der Waals surface area contributed by atoms with Gasteiger partial charge in [0.25, 0.3) is 5.91 Å². The summed E-state index contributed by atoms with van der Waals surface area (Å²) < 4.78 is 0. The Labute approximate surface area is 123 Å². The van der Waals surface area contributed by atoms with Crippen molar-refractivity contribution in [2.24, 2.45) is 0 Å². The van der Waals surface area contributed by atoms with Crippen LogP contribution in [0.1, 0.15) is 55.0 Å². The zero-order valence-corrected chi connectivity index (χ0v) is 12.8. The lowest BCUT2D eigenvalue weighted by atomic mass is 10.0. The van der Waals surface area contributed by atoms with Crippen LogP contribution in [-0.2, 0) is 17.6 Å². The average molecular weight is 288 g/mol. The Hall–Kier alpha value is -2.30. The summed E-state index contributed by atoms with van der Waals surface area (Å²) in [7, 11) is 0. The van der Waals surface area contributed by atoms with Crippen molar-refractivity contribution in [1.29, 1.82) is 0 Å². The molecule has 5 heteroatoms. The third kappa shape index (κ3) is 2.51. The molecule has 0 bridgehead atoms. The summed E-state index contributed by atoms with van der Waals surface area (Å²) in [6.07, 6.45) is 3.22. The first-order chi connectivity index (χ1) is 9.90. The first-order valence-corrected chi connectivity index (χ1v) is 7.08. The standard InChI is InChI=1S/C16H20N2O3/c1-5-10-11(6-2)14(16(20)21)17-13(10)7-12-8(3)9(4)15(19)18-12/h7,17H,5-6H2,1-4H3,(H,18,19)(H,20,21)/b12-7+. The van der Waals surface area contributed by atoms with Crippen molar-refractivity contribution >= 4 is 18.0 Å². The Balaban J connectivity index is 2.56. The predicted molar refractivity (Wildman–Crippen MR) is 81.0 cm³/mol. The molecule has 0 spiro atoms. The highest BCUT2D eigenvalue weighted by Gasteiger charge is 2.23. The monoisotopic (exact) mass is 288 g/mol. The van der Waals surface area contributed by atoms with Crippen molar-refractivity contribution in [3.63, 3.8) is 0 Å². The van der Waals surface area contributed by atoms with E-state index in [1.807, 2.05) is 26.8 Å². The van der Waals surface area contributed by atoms with Gasteiger partial charge in [-0.15, -0.1) is 0 Å². The van der Waals surface area contributed by atoms with Crippen LogP contribution in [0, 0.1) is 0 Å². The van der Waals surface area contributed by atoms with Crippen molar-refractivity contribution in [1.82, 2.24) is 10.3 Å². The summed E-state index contributed by atoms with van der Waals surface area (Å²) in [4.78, 5) is 26.0. The second-order valence-electron chi connectivity index (χ2n) is 5.15. The Morgan fingerprint density at radius 2 is 1.76 bits per heavy atom. The van der Waals surface area contributed by atoms with E-state index in [1.54, 1.807) is 6.92 Å². The van der Waals surface area contributed by atoms with Crippen LogP contribution in [0.3, 0.4) is 0 Å². The Morgan fingerprint density at radius 3 is 2.19 bits per heavy atom. The molecule has 3 N–H and O–H groups in total. The first-order valence-electron chi connectivity index (χ1n) is 7.08. The molecule has 21 heavy (non-hydrogen) atoms. The molecule has 0 saturated heterocycles. The van der Waals surface area contributed by atoms with Gasteiger partial charge in [-0.1, -0.05) is 13.8 Å². The molecule has 1 amide bonds. The Kier molecular flexibility index (Phi) is 4.02. The minimum Gasteiger partial charge on any atom is -0.477 e. The van der Waals surface area contributed by atoms with Crippen LogP contribution in [0.2, 0.25) is 0 Å². The minimum absolute atomic E-state index is 0.0995. The van der Waals surface area contributed by atoms with Gasteiger partial charge in [-0.3, -0.25) is 4.79 Å². The number of nitrogens with one attached hydrogen (secondary N) is 2. The second kappa shape index (κ2) is 5.60. The van der Waals surface area contributed by atoms with E-state index < -0.39 is 5.97 Å². The van der Waals surface area contributed by atoms with Gasteiger partial charge in [-0.2, -0.15) is 0 Å². The van der Waals surface area contributed by atoms with E-state index in [0.29, 0.717) is 12.0 Å². The highest BCUT2D eigenvalue weighted by Crippen LogP contribution is 2.26. The van der Waals surface area contributed by atoms with E-state index in [-0.39, 0.29) is 11.6 Å². The molecule has 0 unspecified atom stereocenters. The van der Waals surface area contributed by atoms with Gasteiger partial charge in [0.1, 0.15) is 5.69 Å². The molecule has 2 heterocycles. The zero-order valence-electron chi connectivity index (χ0n) is 12.8. The molecule has 5 nitrogen and oxygen atoms in total. The predicted octanol–water partition coefficient (Wildman–Crippen LogP) is 2.64. The van der Waals surface area contributed by atoms with Crippen molar-refractivity contribution < 1.29 is 14.7 Å². The lowest BCUT2D eigenvalue weighted by molar-refractivity contribution is -0.116. The van der Waals surface area contributed by atoms with Gasteiger partial charge < -0.3 is 15.4 Å². The molecule has 0 aromatic carbocycles. The van der Waals surface area contributed by atoms with Crippen LogP contribution in [0.15, 0.2) is 16.8 Å². The van der Waals surface area contributed by atoms with Crippen molar-refractivity contribution in [3.05, 3.63) is 39.4 Å². The largest absolute Gasteiger partial charge is 0.477 e. The number of aromatic amines is 1. The van der Waals surface area contributed by atoms with Crippen LogP contribution < -0.4 is 5.32 Å². The quantitative estimate of drug-likeness (QED) is 0.796. The van der Waals surface area contributed by atoms with E-state index in [2.05, 4.69) is 10.3 Å². The number of H-pyrrole nitrogens is 1. The van der Waals surface area contributed by atoms with Gasteiger partial charge in [0.15, 0.2) is 0 Å². The SMILES string of the molecule is CCc1c(/C=C2/NC(=O)C(C)=C2C)[nH]c(C(=O)O)c1CC. The van der Waals surface area contributed by atoms with Crippen LogP contribution in [0.25, 0.3) is 6.08 Å². The highest BCUT2D eigenvalue weighted by molar-refractivity contribution is 6.00. The third-order valence-corrected chi connectivity index (χ3v) is 4.02. The first kappa shape index (κ1) is 15.1. The number of hydrogen-bond acceptors (Lipinski definition) is 2. The van der Waals surface area contributed by atoms with Crippen LogP contribution in [-0.4, -0.2) is 22.0 Å². The topological polar surface area (TPSA) is 82.2 Å². The van der Waals surface area contributed by atoms with E-state index in [9.17, 15) is 14.7 Å². The van der Waals surface area contributed by atoms with Gasteiger partial charge >= 0.3 is 5.97 Å². The molecule has 0 aliphatic carbocycles. The second-order valence-corrected chi connectivity index (χ2v) is 5.15. The summed E-state index contributed by atoms with van der Waals surface area (Å²) in [6.45, 7) is 7.60. The molecule has 1 aromatic rings. The molecule has 1 aromatic heterocycles. The maximum absolute atomic E-state index is 11.7. The molecule has 1 aliphatic rings. The van der Waals surface area contributed by atoms with Crippen LogP contribution in [0.4, 0.5) is 0 Å². The number of carboxylic acid groups (broad SMARTS) is 1. The van der Waals surface area contributed by atoms with E-state index >= 15 is 0 Å². The summed E-state index contributed by atoms with van der Waals surface area (Å²) in [5.74, 6) is -1.05. The zero-order chi connectivity index (χ0) is 15.7. The number of amides is 1. The fourth-order valence-corrected chi connectivity index (χ4v) is 2.67. The number of carbonyl (C=O) groups is 2. The molecule has 0 saturated carbocycles. The van der Waals surface area contributed by atoms with E-state index in [0.717, 1.165) is 34.5 Å². The summed E-state index contributed by atoms with van der Waals surface area (Å²) >= 11 is 0. The van der Waals surface area contributed by atoms with Crippen LogP contribution in [0.5, 0.6) is 0 Å². The Bertz CT molecular complexity index is 678. The van der Waals surface area contributed by atoms with Gasteiger partial charge in [0.2, 0.25) is 0 Å². The molecule has 2 rings (SSSR count). The number of aromatic nitrogens is 1. The maximum Gasteiger partial charge on any atom is 0.352 e. The molecule has 112 valence electrons. The highest BCUT2D eigenvalue weighted by atomic mass is 16.4. The van der Waals surface area contributed by atoms with Gasteiger partial charge in [0.05, 0.1) is 0 Å². The normalized spacial score (nSPS) is 16.8. The lowest BCUT2D eigenvalue weighted by Gasteiger charge is -2.03. The van der Waals surface area contributed by atoms with Gasteiger partial charge in [-0.25, -0.2) is 4.79 Å². The number of allylic oxidation sites excluding steroid dienone is 1.